The third kappa shape index (κ3) is 4.02. The van der Waals surface area contributed by atoms with Crippen LogP contribution < -0.4 is 0 Å². The van der Waals surface area contributed by atoms with Crippen LogP contribution in [0.2, 0.25) is 5.02 Å². The second-order valence-electron chi connectivity index (χ2n) is 5.05. The number of carbonyl (C=O) groups excluding carboxylic acids is 1. The van der Waals surface area contributed by atoms with E-state index in [0.29, 0.717) is 11.4 Å². The predicted molar refractivity (Wildman–Crippen MR) is 90.0 cm³/mol. The number of nitrogens with zero attached hydrogens (tertiary/aromatic N) is 1. The SMILES string of the molecule is CC(c1ccccc1Cl)N(C)C(=O)Cc1ccc(S)cc1. The van der Waals surface area contributed by atoms with E-state index in [-0.39, 0.29) is 11.9 Å². The van der Waals surface area contributed by atoms with Crippen LogP contribution in [0.3, 0.4) is 0 Å². The van der Waals surface area contributed by atoms with Crippen molar-refractivity contribution in [2.24, 2.45) is 0 Å². The molecule has 2 rings (SSSR count). The van der Waals surface area contributed by atoms with Crippen molar-refractivity contribution in [2.75, 3.05) is 7.05 Å². The third-order valence-electron chi connectivity index (χ3n) is 3.62. The van der Waals surface area contributed by atoms with E-state index in [4.69, 9.17) is 11.6 Å². The van der Waals surface area contributed by atoms with E-state index in [0.717, 1.165) is 16.0 Å². The van der Waals surface area contributed by atoms with Crippen molar-refractivity contribution < 1.29 is 4.79 Å². The number of amides is 1. The summed E-state index contributed by atoms with van der Waals surface area (Å²) in [5.74, 6) is 0.0642. The zero-order chi connectivity index (χ0) is 15.4. The molecule has 0 saturated heterocycles. The van der Waals surface area contributed by atoms with Crippen LogP contribution in [0.5, 0.6) is 0 Å². The van der Waals surface area contributed by atoms with Gasteiger partial charge in [0, 0.05) is 17.0 Å². The molecule has 0 saturated carbocycles. The van der Waals surface area contributed by atoms with Crippen LogP contribution in [-0.4, -0.2) is 17.9 Å². The number of thiol groups is 1. The molecular weight excluding hydrogens is 302 g/mol. The summed E-state index contributed by atoms with van der Waals surface area (Å²) in [5.41, 5.74) is 1.94. The van der Waals surface area contributed by atoms with Crippen LogP contribution in [0.4, 0.5) is 0 Å². The van der Waals surface area contributed by atoms with E-state index in [9.17, 15) is 4.79 Å². The molecule has 0 spiro atoms. The van der Waals surface area contributed by atoms with Gasteiger partial charge in [0.05, 0.1) is 12.5 Å². The highest BCUT2D eigenvalue weighted by molar-refractivity contribution is 7.80. The van der Waals surface area contributed by atoms with Crippen molar-refractivity contribution in [3.63, 3.8) is 0 Å². The highest BCUT2D eigenvalue weighted by atomic mass is 35.5. The largest absolute Gasteiger partial charge is 0.339 e. The molecule has 0 aliphatic rings. The molecule has 2 aromatic rings. The highest BCUT2D eigenvalue weighted by Crippen LogP contribution is 2.26. The summed E-state index contributed by atoms with van der Waals surface area (Å²) in [6.45, 7) is 1.98. The Bertz CT molecular complexity index is 627. The molecule has 1 atom stereocenters. The summed E-state index contributed by atoms with van der Waals surface area (Å²) in [5, 5.41) is 0.684. The second kappa shape index (κ2) is 7.01. The average molecular weight is 320 g/mol. The van der Waals surface area contributed by atoms with Crippen molar-refractivity contribution in [3.8, 4) is 0 Å². The third-order valence-corrected chi connectivity index (χ3v) is 4.26. The number of benzene rings is 2. The average Bonchev–Trinajstić information content (AvgIpc) is 2.48. The Hall–Kier alpha value is -1.45. The minimum absolute atomic E-state index is 0.0599. The van der Waals surface area contributed by atoms with Crippen LogP contribution in [0.15, 0.2) is 53.4 Å². The van der Waals surface area contributed by atoms with Crippen molar-refractivity contribution in [2.45, 2.75) is 24.3 Å². The Kier molecular flexibility index (Phi) is 5.32. The quantitative estimate of drug-likeness (QED) is 0.829. The van der Waals surface area contributed by atoms with Gasteiger partial charge in [-0.15, -0.1) is 12.6 Å². The first-order valence-electron chi connectivity index (χ1n) is 6.77. The lowest BCUT2D eigenvalue weighted by Gasteiger charge is -2.26. The molecule has 0 N–H and O–H groups in total. The van der Waals surface area contributed by atoms with Crippen LogP contribution in [0.25, 0.3) is 0 Å². The van der Waals surface area contributed by atoms with Gasteiger partial charge >= 0.3 is 0 Å². The Morgan fingerprint density at radius 2 is 1.81 bits per heavy atom. The monoisotopic (exact) mass is 319 g/mol. The Labute approximate surface area is 136 Å². The summed E-state index contributed by atoms with van der Waals surface area (Å²) in [4.78, 5) is 15.0. The van der Waals surface area contributed by atoms with Crippen molar-refractivity contribution >= 4 is 30.1 Å². The molecule has 0 bridgehead atoms. The van der Waals surface area contributed by atoms with E-state index >= 15 is 0 Å². The summed E-state index contributed by atoms with van der Waals surface area (Å²) in [7, 11) is 1.81. The fourth-order valence-electron chi connectivity index (χ4n) is 2.15. The molecule has 0 aliphatic heterocycles. The maximum atomic E-state index is 12.4. The normalized spacial score (nSPS) is 12.0. The molecule has 2 nitrogen and oxygen atoms in total. The smallest absolute Gasteiger partial charge is 0.227 e. The van der Waals surface area contributed by atoms with E-state index in [1.165, 1.54) is 0 Å². The maximum Gasteiger partial charge on any atom is 0.227 e. The molecule has 21 heavy (non-hydrogen) atoms. The van der Waals surface area contributed by atoms with Gasteiger partial charge in [0.15, 0.2) is 0 Å². The van der Waals surface area contributed by atoms with Crippen molar-refractivity contribution in [1.82, 2.24) is 4.90 Å². The number of carbonyl (C=O) groups is 1. The van der Waals surface area contributed by atoms with Crippen molar-refractivity contribution in [1.29, 1.82) is 0 Å². The van der Waals surface area contributed by atoms with Crippen LogP contribution in [0.1, 0.15) is 24.1 Å². The lowest BCUT2D eigenvalue weighted by molar-refractivity contribution is -0.131. The van der Waals surface area contributed by atoms with E-state index < -0.39 is 0 Å². The van der Waals surface area contributed by atoms with Crippen LogP contribution in [0, 0.1) is 0 Å². The van der Waals surface area contributed by atoms with Gasteiger partial charge < -0.3 is 4.90 Å². The van der Waals surface area contributed by atoms with E-state index in [1.807, 2.05) is 62.5 Å². The molecule has 110 valence electrons. The summed E-state index contributed by atoms with van der Waals surface area (Å²) in [6, 6.07) is 15.2. The molecule has 4 heteroatoms. The number of rotatable bonds is 4. The predicted octanol–water partition coefficient (Wildman–Crippen LogP) is 4.39. The number of halogens is 1. The molecule has 1 unspecified atom stereocenters. The molecule has 0 aliphatic carbocycles. The Morgan fingerprint density at radius 3 is 2.43 bits per heavy atom. The summed E-state index contributed by atoms with van der Waals surface area (Å²) in [6.07, 6.45) is 0.374. The molecular formula is C17H18ClNOS. The summed E-state index contributed by atoms with van der Waals surface area (Å²) >= 11 is 10.4. The standard InChI is InChI=1S/C17H18ClNOS/c1-12(15-5-3-4-6-16(15)18)19(2)17(20)11-13-7-9-14(21)10-8-13/h3-10,12,21H,11H2,1-2H3. The van der Waals surface area contributed by atoms with E-state index in [2.05, 4.69) is 12.6 Å². The zero-order valence-corrected chi connectivity index (χ0v) is 13.7. The van der Waals surface area contributed by atoms with Gasteiger partial charge in [0.1, 0.15) is 0 Å². The molecule has 0 radical (unpaired) electrons. The molecule has 0 aromatic heterocycles. The second-order valence-corrected chi connectivity index (χ2v) is 5.97. The van der Waals surface area contributed by atoms with Gasteiger partial charge in [-0.3, -0.25) is 4.79 Å². The Morgan fingerprint density at radius 1 is 1.19 bits per heavy atom. The molecule has 2 aromatic carbocycles. The molecule has 0 heterocycles. The summed E-state index contributed by atoms with van der Waals surface area (Å²) < 4.78 is 0. The van der Waals surface area contributed by atoms with Gasteiger partial charge in [-0.05, 0) is 36.2 Å². The molecule has 0 fully saturated rings. The highest BCUT2D eigenvalue weighted by Gasteiger charge is 2.19. The number of hydrogen-bond donors (Lipinski definition) is 1. The first kappa shape index (κ1) is 15.9. The fraction of sp³-hybridized carbons (Fsp3) is 0.235. The minimum Gasteiger partial charge on any atom is -0.339 e. The lowest BCUT2D eigenvalue weighted by Crippen LogP contribution is -2.31. The fourth-order valence-corrected chi connectivity index (χ4v) is 2.59. The van der Waals surface area contributed by atoms with Crippen molar-refractivity contribution in [3.05, 3.63) is 64.7 Å². The van der Waals surface area contributed by atoms with Gasteiger partial charge in [0.2, 0.25) is 5.91 Å². The van der Waals surface area contributed by atoms with Crippen LogP contribution in [-0.2, 0) is 11.2 Å². The van der Waals surface area contributed by atoms with Gasteiger partial charge in [-0.1, -0.05) is 41.9 Å². The molecule has 1 amide bonds. The lowest BCUT2D eigenvalue weighted by atomic mass is 10.1. The van der Waals surface area contributed by atoms with E-state index in [1.54, 1.807) is 4.90 Å². The first-order valence-corrected chi connectivity index (χ1v) is 7.59. The van der Waals surface area contributed by atoms with Gasteiger partial charge in [-0.25, -0.2) is 0 Å². The van der Waals surface area contributed by atoms with Crippen LogP contribution >= 0.6 is 24.2 Å². The maximum absolute atomic E-state index is 12.4. The number of hydrogen-bond acceptors (Lipinski definition) is 2. The van der Waals surface area contributed by atoms with Gasteiger partial charge in [-0.2, -0.15) is 0 Å². The first-order chi connectivity index (χ1) is 9.99. The zero-order valence-electron chi connectivity index (χ0n) is 12.1. The number of likely N-dealkylation sites (N-methyl/N-ethyl adjacent to an activating group) is 1. The minimum atomic E-state index is -0.0599. The Balaban J connectivity index is 2.08. The topological polar surface area (TPSA) is 20.3 Å². The van der Waals surface area contributed by atoms with Gasteiger partial charge in [0.25, 0.3) is 0 Å².